The third-order valence-corrected chi connectivity index (χ3v) is 5.25. The maximum absolute atomic E-state index is 11.4. The Kier molecular flexibility index (Phi) is 11.7. The lowest BCUT2D eigenvalue weighted by Gasteiger charge is -2.07. The van der Waals surface area contributed by atoms with E-state index in [1.165, 1.54) is 29.3 Å². The number of carbonyl (C=O) groups is 1. The van der Waals surface area contributed by atoms with Gasteiger partial charge in [0.05, 0.1) is 6.10 Å². The zero-order valence-electron chi connectivity index (χ0n) is 14.3. The fourth-order valence-electron chi connectivity index (χ4n) is 2.12. The van der Waals surface area contributed by atoms with Gasteiger partial charge in [0.1, 0.15) is 0 Å². The van der Waals surface area contributed by atoms with E-state index in [2.05, 4.69) is 34.1 Å². The van der Waals surface area contributed by atoms with Crippen LogP contribution in [0.4, 0.5) is 0 Å². The maximum atomic E-state index is 11.4. The molecule has 0 bridgehead atoms. The van der Waals surface area contributed by atoms with Gasteiger partial charge in [0, 0.05) is 12.8 Å². The monoisotopic (exact) mass is 427 g/mol. The zero-order valence-corrected chi connectivity index (χ0v) is 16.5. The molecule has 0 spiro atoms. The summed E-state index contributed by atoms with van der Waals surface area (Å²) >= 11 is -0.126. The Balaban J connectivity index is 1.89. The van der Waals surface area contributed by atoms with Gasteiger partial charge in [-0.3, -0.25) is 4.79 Å². The van der Waals surface area contributed by atoms with Gasteiger partial charge < -0.3 is 4.74 Å². The number of unbranched alkanes of at least 4 members (excludes halogenated alkanes) is 6. The summed E-state index contributed by atoms with van der Waals surface area (Å²) in [5.41, 5.74) is 0. The topological polar surface area (TPSA) is 26.3 Å². The molecule has 0 aliphatic rings. The number of benzene rings is 1. The molecule has 23 heavy (non-hydrogen) atoms. The smallest absolute Gasteiger partial charge is 0.419 e. The normalized spacial score (nSPS) is 10.2. The van der Waals surface area contributed by atoms with Crippen LogP contribution in [0, 0.1) is 13.4 Å². The van der Waals surface area contributed by atoms with Gasteiger partial charge >= 0.3 is 27.2 Å². The number of hydrogen-bond acceptors (Lipinski definition) is 2. The quantitative estimate of drug-likeness (QED) is 0.247. The molecule has 3 heteroatoms. The highest BCUT2D eigenvalue weighted by Gasteiger charge is 2.06. The summed E-state index contributed by atoms with van der Waals surface area (Å²) in [6, 6.07) is 10.5. The zero-order chi connectivity index (χ0) is 16.8. The van der Waals surface area contributed by atoms with E-state index in [4.69, 9.17) is 4.74 Å². The number of halogens is 1. The second-order valence-corrected chi connectivity index (χ2v) is 8.15. The van der Waals surface area contributed by atoms with E-state index < -0.39 is 0 Å². The van der Waals surface area contributed by atoms with Crippen LogP contribution in [-0.4, -0.2) is 12.1 Å². The average Bonchev–Trinajstić information content (AvgIpc) is 2.53. The van der Waals surface area contributed by atoms with Crippen molar-refractivity contribution in [1.82, 2.24) is 0 Å². The van der Waals surface area contributed by atoms with Crippen LogP contribution < -0.4 is 21.2 Å². The summed E-state index contributed by atoms with van der Waals surface area (Å²) < 4.78 is 9.86. The van der Waals surface area contributed by atoms with Crippen LogP contribution in [0.25, 0.3) is 0 Å². The molecule has 0 saturated heterocycles. The van der Waals surface area contributed by atoms with Crippen molar-refractivity contribution in [2.75, 3.05) is 0 Å². The highest BCUT2D eigenvalue weighted by atomic mass is 127. The average molecular weight is 427 g/mol. The van der Waals surface area contributed by atoms with Crippen molar-refractivity contribution in [2.24, 2.45) is 0 Å². The molecule has 0 aliphatic carbocycles. The highest BCUT2D eigenvalue weighted by Crippen LogP contribution is 2.09. The Morgan fingerprint density at radius 1 is 1.04 bits per heavy atom. The summed E-state index contributed by atoms with van der Waals surface area (Å²) in [6.07, 6.45) is 8.56. The van der Waals surface area contributed by atoms with E-state index in [9.17, 15) is 4.79 Å². The van der Waals surface area contributed by atoms with Gasteiger partial charge in [-0.05, 0) is 44.7 Å². The Bertz CT molecular complexity index is 485. The molecule has 0 saturated carbocycles. The molecule has 1 rings (SSSR count). The largest absolute Gasteiger partial charge is 0.463 e. The summed E-state index contributed by atoms with van der Waals surface area (Å²) in [5.74, 6) is 3.25. The van der Waals surface area contributed by atoms with Crippen molar-refractivity contribution in [3.05, 3.63) is 33.9 Å². The Labute approximate surface area is 151 Å². The summed E-state index contributed by atoms with van der Waals surface area (Å²) in [6.45, 7) is 3.78. The molecular weight excluding hydrogens is 399 g/mol. The Morgan fingerprint density at radius 2 is 1.70 bits per heavy atom. The van der Waals surface area contributed by atoms with Crippen LogP contribution in [-0.2, 0) is 9.53 Å². The first-order valence-corrected chi connectivity index (χ1v) is 10.7. The number of esters is 1. The van der Waals surface area contributed by atoms with Crippen molar-refractivity contribution in [1.29, 1.82) is 0 Å². The number of rotatable bonds is 10. The van der Waals surface area contributed by atoms with Crippen molar-refractivity contribution >= 4 is 5.97 Å². The van der Waals surface area contributed by atoms with E-state index in [0.29, 0.717) is 6.42 Å². The molecule has 0 radical (unpaired) electrons. The third kappa shape index (κ3) is 12.1. The summed E-state index contributed by atoms with van der Waals surface area (Å²) in [7, 11) is 0. The van der Waals surface area contributed by atoms with E-state index in [0.717, 1.165) is 19.3 Å². The summed E-state index contributed by atoms with van der Waals surface area (Å²) in [5, 5.41) is 0. The molecule has 0 aromatic heterocycles. The first-order valence-electron chi connectivity index (χ1n) is 8.54. The molecule has 0 fully saturated rings. The molecule has 0 aliphatic heterocycles. The van der Waals surface area contributed by atoms with Crippen LogP contribution >= 0.6 is 0 Å². The van der Waals surface area contributed by atoms with Gasteiger partial charge in [0.2, 0.25) is 3.57 Å². The van der Waals surface area contributed by atoms with E-state index in [1.807, 2.05) is 19.9 Å². The second-order valence-electron chi connectivity index (χ2n) is 5.82. The van der Waals surface area contributed by atoms with Crippen LogP contribution in [0.15, 0.2) is 30.3 Å². The van der Waals surface area contributed by atoms with Crippen molar-refractivity contribution in [3.8, 4) is 9.85 Å². The number of ether oxygens (including phenoxy) is 1. The van der Waals surface area contributed by atoms with E-state index >= 15 is 0 Å². The number of carbonyl (C=O) groups excluding carboxylic acids is 1. The molecule has 2 nitrogen and oxygen atoms in total. The number of hydrogen-bond donors (Lipinski definition) is 0. The molecule has 0 N–H and O–H groups in total. The molecule has 1 aromatic carbocycles. The molecule has 0 unspecified atom stereocenters. The van der Waals surface area contributed by atoms with Gasteiger partial charge in [-0.1, -0.05) is 43.9 Å². The second kappa shape index (κ2) is 13.4. The standard InChI is InChI=1S/C20H28IO2/c1-18(2)23-20(22)16-12-7-5-3-4-6-8-13-17-21-19-14-10-9-11-15-19/h9-11,14-15,18H,3-8,12,16H2,1-2H3/q+1. The fraction of sp³-hybridized carbons (Fsp3) is 0.550. The van der Waals surface area contributed by atoms with Gasteiger partial charge in [-0.15, -0.1) is 0 Å². The van der Waals surface area contributed by atoms with E-state index in [1.54, 1.807) is 0 Å². The summed E-state index contributed by atoms with van der Waals surface area (Å²) in [4.78, 5) is 11.4. The molecule has 1 aromatic rings. The van der Waals surface area contributed by atoms with Crippen LogP contribution in [0.1, 0.15) is 65.2 Å². The van der Waals surface area contributed by atoms with Gasteiger partial charge in [0.25, 0.3) is 0 Å². The lowest BCUT2D eigenvalue weighted by molar-refractivity contribution is -0.535. The van der Waals surface area contributed by atoms with Crippen molar-refractivity contribution in [2.45, 2.75) is 71.3 Å². The maximum Gasteiger partial charge on any atom is 0.419 e. The highest BCUT2D eigenvalue weighted by molar-refractivity contribution is 5.69. The molecule has 0 atom stereocenters. The van der Waals surface area contributed by atoms with Crippen molar-refractivity contribution < 1.29 is 30.7 Å². The SMILES string of the molecule is CC(C)OC(=O)CCCCCCCCC#C[I+]c1ccccc1. The Hall–Kier alpha value is -1.02. The molecule has 126 valence electrons. The van der Waals surface area contributed by atoms with Gasteiger partial charge in [0.15, 0.2) is 3.93 Å². The van der Waals surface area contributed by atoms with Crippen LogP contribution in [0.3, 0.4) is 0 Å². The van der Waals surface area contributed by atoms with Crippen LogP contribution in [0.2, 0.25) is 0 Å². The minimum Gasteiger partial charge on any atom is -0.463 e. The van der Waals surface area contributed by atoms with E-state index in [-0.39, 0.29) is 33.3 Å². The van der Waals surface area contributed by atoms with Gasteiger partial charge in [-0.2, -0.15) is 0 Å². The predicted molar refractivity (Wildman–Crippen MR) is 91.1 cm³/mol. The Morgan fingerprint density at radius 3 is 2.39 bits per heavy atom. The predicted octanol–water partition coefficient (Wildman–Crippen LogP) is 1.98. The van der Waals surface area contributed by atoms with Gasteiger partial charge in [-0.25, -0.2) is 0 Å². The van der Waals surface area contributed by atoms with Crippen LogP contribution in [0.5, 0.6) is 0 Å². The minimum atomic E-state index is -0.126. The first kappa shape index (κ1) is 20.0. The fourth-order valence-corrected chi connectivity index (χ4v) is 3.67. The molecule has 0 heterocycles. The lowest BCUT2D eigenvalue weighted by Crippen LogP contribution is -3.59. The minimum absolute atomic E-state index is 0.00734. The first-order chi connectivity index (χ1) is 11.2. The molecular formula is C20H28IO2+. The van der Waals surface area contributed by atoms with Crippen molar-refractivity contribution in [3.63, 3.8) is 0 Å². The lowest BCUT2D eigenvalue weighted by atomic mass is 10.1. The molecule has 0 amide bonds. The third-order valence-electron chi connectivity index (χ3n) is 3.26.